The second-order valence-electron chi connectivity index (χ2n) is 35.5. The molecule has 6 aromatic heterocycles. The molecule has 2 saturated carbocycles. The first kappa shape index (κ1) is 95.2. The molecule has 0 spiro atoms. The molecular formula is C100H85F6N11O22P2S3. The number of nitrogens with one attached hydrogen (secondary N) is 2. The van der Waals surface area contributed by atoms with Crippen molar-refractivity contribution >= 4 is 85.1 Å². The fourth-order valence-corrected chi connectivity index (χ4v) is 27.1. The van der Waals surface area contributed by atoms with E-state index < -0.39 is 168 Å². The predicted molar refractivity (Wildman–Crippen MR) is 513 cm³/mol. The van der Waals surface area contributed by atoms with Crippen molar-refractivity contribution in [2.24, 2.45) is 0 Å². The lowest BCUT2D eigenvalue weighted by Gasteiger charge is -2.51. The summed E-state index contributed by atoms with van der Waals surface area (Å²) in [6, 6.07) is 36.9. The Morgan fingerprint density at radius 1 is 0.431 bits per heavy atom. The summed E-state index contributed by atoms with van der Waals surface area (Å²) in [6.45, 7) is 5.79. The van der Waals surface area contributed by atoms with Crippen molar-refractivity contribution < 1.29 is 115 Å². The number of rotatable bonds is 19. The minimum atomic E-state index is -4.48. The molecule has 7 aliphatic heterocycles. The molecule has 33 nitrogen and oxygen atoms in total. The van der Waals surface area contributed by atoms with Gasteiger partial charge in [0.1, 0.15) is 29.6 Å². The topological polar surface area (TPSA) is 348 Å². The van der Waals surface area contributed by atoms with E-state index in [4.69, 9.17) is 51.3 Å². The van der Waals surface area contributed by atoms with E-state index in [0.29, 0.717) is 39.0 Å². The Labute approximate surface area is 826 Å². The van der Waals surface area contributed by atoms with Crippen LogP contribution < -0.4 is 55.3 Å². The number of benzene rings is 6. The van der Waals surface area contributed by atoms with Crippen LogP contribution in [0.25, 0.3) is 64.7 Å². The van der Waals surface area contributed by atoms with Crippen molar-refractivity contribution in [3.05, 3.63) is 308 Å². The summed E-state index contributed by atoms with van der Waals surface area (Å²) < 4.78 is 187. The van der Waals surface area contributed by atoms with Crippen molar-refractivity contribution in [1.82, 2.24) is 38.9 Å². The number of esters is 3. The number of hydrogen-bond donors (Lipinski definition) is 2. The third-order valence-electron chi connectivity index (χ3n) is 27.4. The van der Waals surface area contributed by atoms with Crippen LogP contribution in [0.2, 0.25) is 0 Å². The van der Waals surface area contributed by atoms with Crippen LogP contribution in [-0.2, 0) is 61.0 Å². The van der Waals surface area contributed by atoms with Gasteiger partial charge in [-0.2, -0.15) is 10.2 Å². The number of morpholine rings is 3. The van der Waals surface area contributed by atoms with Crippen LogP contribution in [0.5, 0.6) is 17.2 Å². The third kappa shape index (κ3) is 15.7. The van der Waals surface area contributed by atoms with E-state index in [1.54, 1.807) is 60.0 Å². The van der Waals surface area contributed by atoms with Crippen LogP contribution >= 0.6 is 49.5 Å². The zero-order valence-corrected chi connectivity index (χ0v) is 81.2. The molecule has 7 unspecified atom stereocenters. The first-order chi connectivity index (χ1) is 69.5. The van der Waals surface area contributed by atoms with Crippen molar-refractivity contribution in [3.8, 4) is 82.0 Å². The van der Waals surface area contributed by atoms with Gasteiger partial charge in [-0.15, -0.1) is 34.0 Å². The zero-order valence-electron chi connectivity index (χ0n) is 76.9. The number of nitrogens with zero attached hydrogens (tertiary/aromatic N) is 9. The van der Waals surface area contributed by atoms with Crippen LogP contribution in [-0.4, -0.2) is 187 Å². The highest BCUT2D eigenvalue weighted by atomic mass is 32.1. The van der Waals surface area contributed by atoms with Gasteiger partial charge in [0.05, 0.1) is 85.2 Å². The van der Waals surface area contributed by atoms with E-state index in [2.05, 4.69) is 10.2 Å². The number of methoxy groups -OCH3 is 2. The van der Waals surface area contributed by atoms with Gasteiger partial charge in [0.25, 0.3) is 24.0 Å². The minimum Gasteiger partial charge on any atom is -0.468 e. The van der Waals surface area contributed by atoms with Gasteiger partial charge < -0.3 is 56.9 Å². The Hall–Kier alpha value is -13.6. The second kappa shape index (κ2) is 36.9. The van der Waals surface area contributed by atoms with Gasteiger partial charge in [0.15, 0.2) is 52.0 Å². The lowest BCUT2D eigenvalue weighted by Crippen LogP contribution is -2.66. The van der Waals surface area contributed by atoms with Crippen molar-refractivity contribution in [2.45, 2.75) is 100 Å². The number of halogens is 6. The summed E-state index contributed by atoms with van der Waals surface area (Å²) in [5.74, 6) is -11.0. The maximum Gasteiger partial charge on any atom is 0.459 e. The van der Waals surface area contributed by atoms with Gasteiger partial charge >= 0.3 is 33.4 Å². The number of carbonyl (C=O) groups is 6. The van der Waals surface area contributed by atoms with Crippen LogP contribution in [0.1, 0.15) is 129 Å². The number of amides is 3. The molecule has 5 fully saturated rings. The molecular weight excluding hydrogens is 1980 g/mol. The normalized spacial score (nSPS) is 21.3. The number of pyridine rings is 3. The summed E-state index contributed by atoms with van der Waals surface area (Å²) in [4.78, 5) is 128. The van der Waals surface area contributed by atoms with Crippen molar-refractivity contribution in [1.29, 1.82) is 0 Å². The lowest BCUT2D eigenvalue weighted by atomic mass is 9.92. The van der Waals surface area contributed by atoms with Gasteiger partial charge in [-0.1, -0.05) is 91.0 Å². The summed E-state index contributed by atoms with van der Waals surface area (Å²) >= 11 is 4.22. The number of aromatic nitrogens is 3. The molecule has 12 aromatic rings. The second-order valence-corrected chi connectivity index (χ2v) is 41.5. The molecule has 6 aromatic carbocycles. The fourth-order valence-electron chi connectivity index (χ4n) is 20.7. The van der Waals surface area contributed by atoms with Gasteiger partial charge in [0, 0.05) is 116 Å². The summed E-state index contributed by atoms with van der Waals surface area (Å²) in [6.07, 6.45) is 3.42. The van der Waals surface area contributed by atoms with E-state index >= 15 is 22.0 Å². The number of thiophene rings is 3. The Kier molecular flexibility index (Phi) is 24.4. The van der Waals surface area contributed by atoms with E-state index in [1.807, 2.05) is 93.9 Å². The molecule has 0 radical (unpaired) electrons. The molecule has 144 heavy (non-hydrogen) atoms. The number of carbonyl (C=O) groups excluding carboxylic acids is 6. The monoisotopic (exact) mass is 2060 g/mol. The standard InChI is InChI=1S/2C34H31F2N4O8PS.C32H23F2N3O6S/c2*1-3-47-49(44,37-34(12-13-34)33(43)45-2)48-30-24(41)10-14-39-29(30)32(42)38-15-16-46-18-25(38)40(39)28-19-6-4-5-7-20(19)31-22(11-17-50-31)26-21(28)8-9-23(35)27(26)36;1-16-14-24(43-32(16)40)42-29-22(38)8-10-36-28(29)31(39)35-11-12-41-15-23(35)37(36)27-17-4-2-3-5-18(17)30-20(9-13-44-30)25-19(27)6-7-21(33)26(25)34/h2*4-11,14,17,25,28H,3,12-13,15-16,18H2,1-2H3,(H,37,44);2-10,13-14,23-24,27H,11-12,15H2,1H3/t25-,28-,49?;;/m1../s1. The number of cyclic esters (lactones) is 1. The Bertz CT molecular complexity index is 7430. The van der Waals surface area contributed by atoms with E-state index in [0.717, 1.165) is 78.3 Å². The third-order valence-corrected chi connectivity index (χ3v) is 33.7. The van der Waals surface area contributed by atoms with Gasteiger partial charge in [-0.25, -0.2) is 40.3 Å². The van der Waals surface area contributed by atoms with Crippen LogP contribution in [0.4, 0.5) is 26.3 Å². The Morgan fingerprint density at radius 2 is 0.757 bits per heavy atom. The maximum atomic E-state index is 16.0. The quantitative estimate of drug-likeness (QED) is 0.0329. The molecule has 13 heterocycles. The molecule has 742 valence electrons. The molecule has 3 saturated heterocycles. The van der Waals surface area contributed by atoms with E-state index in [1.165, 1.54) is 115 Å². The average molecular weight is 2060 g/mol. The Balaban J connectivity index is 0.000000124. The smallest absolute Gasteiger partial charge is 0.459 e. The van der Waals surface area contributed by atoms with E-state index in [9.17, 15) is 56.7 Å². The predicted octanol–water partition coefficient (Wildman–Crippen LogP) is 15.0. The zero-order chi connectivity index (χ0) is 100. The van der Waals surface area contributed by atoms with Crippen LogP contribution in [0.15, 0.2) is 206 Å². The van der Waals surface area contributed by atoms with Crippen LogP contribution in [0, 0.1) is 34.9 Å². The highest BCUT2D eigenvalue weighted by molar-refractivity contribution is 7.52. The lowest BCUT2D eigenvalue weighted by molar-refractivity contribution is -0.149. The van der Waals surface area contributed by atoms with E-state index in [-0.39, 0.29) is 138 Å². The van der Waals surface area contributed by atoms with Crippen LogP contribution in [0.3, 0.4) is 0 Å². The molecule has 0 bridgehead atoms. The molecule has 5 aliphatic carbocycles. The summed E-state index contributed by atoms with van der Waals surface area (Å²) in [5, 5.41) is 16.3. The first-order valence-corrected chi connectivity index (χ1v) is 51.7. The molecule has 3 amide bonds. The molecule has 12 aliphatic rings. The molecule has 44 heteroatoms. The molecule has 24 rings (SSSR count). The molecule has 2 N–H and O–H groups in total. The van der Waals surface area contributed by atoms with Gasteiger partial charge in [-0.05, 0) is 149 Å². The number of ether oxygens (including phenoxy) is 7. The largest absolute Gasteiger partial charge is 0.468 e. The van der Waals surface area contributed by atoms with Crippen molar-refractivity contribution in [3.63, 3.8) is 0 Å². The SMILES string of the molecule is CC1=CC(Oc2c3n(ccc2=O)N(C2c4ccccc4-c4sccc4-c4c2ccc(F)c4F)C2COCCN2C3=O)OC1=O.CCOP(=O)(NC1(C(=O)OC)CC1)Oc1c2n(ccc1=O)N(C1c3ccccc3-c3sccc3-c3c1ccc(F)c3F)C1COCCN1C2=O.CCOP(=O)(NC1(C(=O)OC)CC1)Oc1c2n(ccc1=O)N([C@@H]1c3ccccc3-c3sccc3-c3c1ccc(F)c3F)[C@@H]1COCCN1C2=O. The average Bonchev–Trinajstić information content (AvgIpc) is 1.19. The Morgan fingerprint density at radius 3 is 1.07 bits per heavy atom. The van der Waals surface area contributed by atoms with Crippen molar-refractivity contribution in [2.75, 3.05) is 102 Å². The highest BCUT2D eigenvalue weighted by Crippen LogP contribution is 2.59. The minimum absolute atomic E-state index is 0.0492. The summed E-state index contributed by atoms with van der Waals surface area (Å²) in [5.41, 5.74) is 2.72. The maximum absolute atomic E-state index is 16.0. The van der Waals surface area contributed by atoms with Gasteiger partial charge in [-0.3, -0.25) is 76.5 Å². The highest BCUT2D eigenvalue weighted by Gasteiger charge is 2.60. The number of fused-ring (bicyclic) bond motifs is 21. The summed E-state index contributed by atoms with van der Waals surface area (Å²) in [7, 11) is -6.56. The fraction of sp³-hybridized carbons (Fsp3) is 0.290. The van der Waals surface area contributed by atoms with Gasteiger partial charge in [0.2, 0.25) is 33.5 Å². The molecule has 9 atom stereocenters. The number of hydrogen-bond acceptors (Lipinski definition) is 28. The first-order valence-electron chi connectivity index (χ1n) is 46.0.